The second kappa shape index (κ2) is 5.58. The highest BCUT2D eigenvalue weighted by atomic mass is 32.2. The molecule has 0 spiro atoms. The summed E-state index contributed by atoms with van der Waals surface area (Å²) in [5.74, 6) is 0.677. The van der Waals surface area contributed by atoms with Crippen molar-refractivity contribution in [1.82, 2.24) is 4.31 Å². The van der Waals surface area contributed by atoms with E-state index in [4.69, 9.17) is 5.73 Å². The van der Waals surface area contributed by atoms with Crippen LogP contribution < -0.4 is 5.73 Å². The van der Waals surface area contributed by atoms with Crippen LogP contribution in [0.5, 0.6) is 0 Å². The summed E-state index contributed by atoms with van der Waals surface area (Å²) in [6.45, 7) is 2.63. The van der Waals surface area contributed by atoms with E-state index >= 15 is 0 Å². The summed E-state index contributed by atoms with van der Waals surface area (Å²) in [4.78, 5) is 10.00. The lowest BCUT2D eigenvalue weighted by molar-refractivity contribution is -0.386. The fourth-order valence-corrected chi connectivity index (χ4v) is 5.03. The topological polar surface area (TPSA) is 107 Å². The highest BCUT2D eigenvalue weighted by molar-refractivity contribution is 8.00. The number of nitro groups is 1. The number of nitrogens with two attached hydrogens (primary N) is 1. The molecule has 1 unspecified atom stereocenters. The Morgan fingerprint density at radius 3 is 2.80 bits per heavy atom. The predicted octanol–water partition coefficient (Wildman–Crippen LogP) is 1.30. The van der Waals surface area contributed by atoms with Crippen molar-refractivity contribution >= 4 is 33.2 Å². The number of anilines is 1. The van der Waals surface area contributed by atoms with Crippen LogP contribution in [0.4, 0.5) is 11.4 Å². The van der Waals surface area contributed by atoms with Crippen molar-refractivity contribution < 1.29 is 13.3 Å². The molecule has 1 atom stereocenters. The SMILES string of the molecule is CC1CN(S(=O)(=O)c2cccc(N)c2[N+](=O)[O-])CCS1. The highest BCUT2D eigenvalue weighted by Gasteiger charge is 2.35. The number of thioether (sulfide) groups is 1. The number of nitrogen functional groups attached to an aromatic ring is 1. The van der Waals surface area contributed by atoms with Gasteiger partial charge in [-0.3, -0.25) is 10.1 Å². The standard InChI is InChI=1S/C11H15N3O4S2/c1-8-7-13(5-6-19-8)20(17,18)10-4-2-3-9(12)11(10)14(15)16/h2-4,8H,5-7,12H2,1H3. The molecule has 2 rings (SSSR count). The first kappa shape index (κ1) is 15.1. The average Bonchev–Trinajstić information content (AvgIpc) is 2.38. The molecule has 0 radical (unpaired) electrons. The maximum Gasteiger partial charge on any atom is 0.312 e. The molecule has 0 bridgehead atoms. The summed E-state index contributed by atoms with van der Waals surface area (Å²) in [5, 5.41) is 11.2. The van der Waals surface area contributed by atoms with Crippen LogP contribution >= 0.6 is 11.8 Å². The average molecular weight is 317 g/mol. The molecular formula is C11H15N3O4S2. The van der Waals surface area contributed by atoms with Gasteiger partial charge >= 0.3 is 5.69 Å². The summed E-state index contributed by atoms with van der Waals surface area (Å²) in [7, 11) is -3.89. The first-order valence-electron chi connectivity index (χ1n) is 5.98. The molecule has 1 aromatic carbocycles. The summed E-state index contributed by atoms with van der Waals surface area (Å²) < 4.78 is 26.4. The first-order valence-corrected chi connectivity index (χ1v) is 8.47. The van der Waals surface area contributed by atoms with Crippen LogP contribution in [0.2, 0.25) is 0 Å². The third-order valence-corrected chi connectivity index (χ3v) is 6.07. The summed E-state index contributed by atoms with van der Waals surface area (Å²) in [5.41, 5.74) is 4.86. The Morgan fingerprint density at radius 1 is 1.50 bits per heavy atom. The van der Waals surface area contributed by atoms with Gasteiger partial charge in [-0.1, -0.05) is 13.0 Å². The van der Waals surface area contributed by atoms with Gasteiger partial charge in [0.15, 0.2) is 4.90 Å². The van der Waals surface area contributed by atoms with Crippen molar-refractivity contribution in [3.63, 3.8) is 0 Å². The van der Waals surface area contributed by atoms with E-state index in [0.717, 1.165) is 0 Å². The maximum atomic E-state index is 12.6. The smallest absolute Gasteiger partial charge is 0.312 e. The molecule has 1 fully saturated rings. The first-order chi connectivity index (χ1) is 9.34. The molecule has 1 aliphatic heterocycles. The molecule has 0 saturated carbocycles. The predicted molar refractivity (Wildman–Crippen MR) is 78.2 cm³/mol. The summed E-state index contributed by atoms with van der Waals surface area (Å²) >= 11 is 1.68. The van der Waals surface area contributed by atoms with Gasteiger partial charge in [-0.05, 0) is 12.1 Å². The van der Waals surface area contributed by atoms with Crippen molar-refractivity contribution in [2.45, 2.75) is 17.1 Å². The summed E-state index contributed by atoms with van der Waals surface area (Å²) in [6.07, 6.45) is 0. The molecule has 110 valence electrons. The molecule has 0 amide bonds. The van der Waals surface area contributed by atoms with Gasteiger partial charge in [0.05, 0.1) is 4.92 Å². The Labute approximate surface area is 121 Å². The van der Waals surface area contributed by atoms with Crippen LogP contribution in [0.15, 0.2) is 23.1 Å². The number of hydrogen-bond donors (Lipinski definition) is 1. The molecule has 0 aromatic heterocycles. The van der Waals surface area contributed by atoms with E-state index in [0.29, 0.717) is 18.8 Å². The normalized spacial score (nSPS) is 20.8. The van der Waals surface area contributed by atoms with E-state index < -0.39 is 20.6 Å². The number of nitro benzene ring substituents is 1. The Hall–Kier alpha value is -1.32. The third-order valence-electron chi connectivity index (χ3n) is 3.03. The Morgan fingerprint density at radius 2 is 2.20 bits per heavy atom. The van der Waals surface area contributed by atoms with Crippen molar-refractivity contribution in [3.8, 4) is 0 Å². The van der Waals surface area contributed by atoms with Gasteiger partial charge in [0.25, 0.3) is 0 Å². The number of nitrogens with zero attached hydrogens (tertiary/aromatic N) is 2. The molecule has 2 N–H and O–H groups in total. The van der Waals surface area contributed by atoms with Crippen LogP contribution in [0.1, 0.15) is 6.92 Å². The zero-order valence-electron chi connectivity index (χ0n) is 10.9. The second-order valence-corrected chi connectivity index (χ2v) is 7.95. The maximum absolute atomic E-state index is 12.6. The molecule has 1 aliphatic rings. The zero-order chi connectivity index (χ0) is 14.9. The molecule has 1 heterocycles. The van der Waals surface area contributed by atoms with Gasteiger partial charge in [0, 0.05) is 24.1 Å². The van der Waals surface area contributed by atoms with E-state index in [-0.39, 0.29) is 15.8 Å². The minimum atomic E-state index is -3.89. The van der Waals surface area contributed by atoms with Gasteiger partial charge in [-0.25, -0.2) is 8.42 Å². The Bertz CT molecular complexity index is 633. The molecular weight excluding hydrogens is 302 g/mol. The van der Waals surface area contributed by atoms with Gasteiger partial charge in [0.2, 0.25) is 10.0 Å². The van der Waals surface area contributed by atoms with Crippen LogP contribution in [0.25, 0.3) is 0 Å². The van der Waals surface area contributed by atoms with E-state index in [1.807, 2.05) is 6.92 Å². The van der Waals surface area contributed by atoms with E-state index in [2.05, 4.69) is 0 Å². The molecule has 1 saturated heterocycles. The molecule has 20 heavy (non-hydrogen) atoms. The van der Waals surface area contributed by atoms with E-state index in [1.165, 1.54) is 22.5 Å². The molecule has 9 heteroatoms. The lowest BCUT2D eigenvalue weighted by atomic mass is 10.3. The lowest BCUT2D eigenvalue weighted by Crippen LogP contribution is -2.41. The van der Waals surface area contributed by atoms with Crippen LogP contribution in [0.3, 0.4) is 0 Å². The van der Waals surface area contributed by atoms with E-state index in [1.54, 1.807) is 11.8 Å². The number of rotatable bonds is 3. The van der Waals surface area contributed by atoms with Crippen LogP contribution in [0, 0.1) is 10.1 Å². The van der Waals surface area contributed by atoms with Crippen molar-refractivity contribution in [2.75, 3.05) is 24.6 Å². The number of para-hydroxylation sites is 1. The molecule has 0 aliphatic carbocycles. The third kappa shape index (κ3) is 2.74. The summed E-state index contributed by atoms with van der Waals surface area (Å²) in [6, 6.07) is 3.97. The monoisotopic (exact) mass is 317 g/mol. The largest absolute Gasteiger partial charge is 0.393 e. The lowest BCUT2D eigenvalue weighted by Gasteiger charge is -2.29. The van der Waals surface area contributed by atoms with Crippen LogP contribution in [-0.2, 0) is 10.0 Å². The van der Waals surface area contributed by atoms with Crippen molar-refractivity contribution in [1.29, 1.82) is 0 Å². The number of benzene rings is 1. The fourth-order valence-electron chi connectivity index (χ4n) is 2.09. The van der Waals surface area contributed by atoms with Gasteiger partial charge in [0.1, 0.15) is 5.69 Å². The zero-order valence-corrected chi connectivity index (χ0v) is 12.5. The molecule has 7 nitrogen and oxygen atoms in total. The quantitative estimate of drug-likeness (QED) is 0.511. The van der Waals surface area contributed by atoms with Crippen molar-refractivity contribution in [3.05, 3.63) is 28.3 Å². The highest BCUT2D eigenvalue weighted by Crippen LogP contribution is 2.33. The Balaban J connectivity index is 2.49. The fraction of sp³-hybridized carbons (Fsp3) is 0.455. The molecule has 1 aromatic rings. The van der Waals surface area contributed by atoms with Gasteiger partial charge < -0.3 is 5.73 Å². The van der Waals surface area contributed by atoms with Crippen LogP contribution in [-0.4, -0.2) is 41.7 Å². The van der Waals surface area contributed by atoms with Gasteiger partial charge in [-0.2, -0.15) is 16.1 Å². The number of sulfonamides is 1. The Kier molecular flexibility index (Phi) is 4.21. The van der Waals surface area contributed by atoms with Gasteiger partial charge in [-0.15, -0.1) is 0 Å². The van der Waals surface area contributed by atoms with Crippen molar-refractivity contribution in [2.24, 2.45) is 0 Å². The second-order valence-electron chi connectivity index (χ2n) is 4.50. The minimum Gasteiger partial charge on any atom is -0.393 e. The number of hydrogen-bond acceptors (Lipinski definition) is 6. The minimum absolute atomic E-state index is 0.143. The van der Waals surface area contributed by atoms with E-state index in [9.17, 15) is 18.5 Å².